The summed E-state index contributed by atoms with van der Waals surface area (Å²) in [4.78, 5) is 15.7. The van der Waals surface area contributed by atoms with Gasteiger partial charge < -0.3 is 10.2 Å². The van der Waals surface area contributed by atoms with E-state index in [0.717, 1.165) is 43.9 Å². The Morgan fingerprint density at radius 2 is 1.66 bits per heavy atom. The van der Waals surface area contributed by atoms with E-state index in [2.05, 4.69) is 44.0 Å². The summed E-state index contributed by atoms with van der Waals surface area (Å²) in [5.41, 5.74) is 1.52. The Morgan fingerprint density at radius 3 is 2.34 bits per heavy atom. The lowest BCUT2D eigenvalue weighted by atomic mass is 9.91. The highest BCUT2D eigenvalue weighted by Gasteiger charge is 2.24. The number of halogens is 3. The first-order valence-electron chi connectivity index (χ1n) is 13.3. The van der Waals surface area contributed by atoms with Crippen molar-refractivity contribution in [2.75, 3.05) is 24.1 Å². The van der Waals surface area contributed by atoms with E-state index in [0.29, 0.717) is 34.2 Å². The lowest BCUT2D eigenvalue weighted by Gasteiger charge is -2.32. The van der Waals surface area contributed by atoms with Crippen molar-refractivity contribution in [1.29, 1.82) is 0 Å². The van der Waals surface area contributed by atoms with Crippen LogP contribution in [0.15, 0.2) is 48.7 Å². The molecule has 5 rings (SSSR count). The first-order valence-corrected chi connectivity index (χ1v) is 14.9. The Bertz CT molecular complexity index is 1670. The Morgan fingerprint density at radius 1 is 0.951 bits per heavy atom. The SMILES string of the molecule is Cc1cc(-c2ccc(NS(=O)(=O)Cc3ccc(F)cc3)c(F)c2F)nc2cnc(N[C@H]3CC[C@H](N(C)C)CC3)nc12. The smallest absolute Gasteiger partial charge is 0.237 e. The molecule has 0 atom stereocenters. The molecule has 12 heteroatoms. The van der Waals surface area contributed by atoms with Crippen molar-refractivity contribution in [3.63, 3.8) is 0 Å². The van der Waals surface area contributed by atoms with Gasteiger partial charge in [-0.05, 0) is 88.2 Å². The average Bonchev–Trinajstić information content (AvgIpc) is 2.93. The third-order valence-electron chi connectivity index (χ3n) is 7.39. The summed E-state index contributed by atoms with van der Waals surface area (Å²) in [6.45, 7) is 1.80. The van der Waals surface area contributed by atoms with Crippen molar-refractivity contribution < 1.29 is 21.6 Å². The molecule has 0 radical (unpaired) electrons. The molecule has 2 heterocycles. The van der Waals surface area contributed by atoms with E-state index in [1.54, 1.807) is 19.2 Å². The maximum absolute atomic E-state index is 15.2. The van der Waals surface area contributed by atoms with Gasteiger partial charge in [0.1, 0.15) is 11.3 Å². The van der Waals surface area contributed by atoms with E-state index in [1.165, 1.54) is 18.2 Å². The molecular weight excluding hydrogens is 553 g/mol. The summed E-state index contributed by atoms with van der Waals surface area (Å²) in [6, 6.07) is 9.74. The van der Waals surface area contributed by atoms with E-state index in [1.807, 2.05) is 0 Å². The molecule has 2 N–H and O–H groups in total. The highest BCUT2D eigenvalue weighted by atomic mass is 32.2. The zero-order chi connectivity index (χ0) is 29.3. The molecule has 2 aromatic carbocycles. The fourth-order valence-electron chi connectivity index (χ4n) is 5.14. The number of nitrogens with one attached hydrogen (secondary N) is 2. The van der Waals surface area contributed by atoms with Crippen LogP contribution in [0.3, 0.4) is 0 Å². The quantitative estimate of drug-likeness (QED) is 0.276. The number of rotatable bonds is 8. The topological polar surface area (TPSA) is 100 Å². The lowest BCUT2D eigenvalue weighted by molar-refractivity contribution is 0.221. The van der Waals surface area contributed by atoms with Gasteiger partial charge in [-0.1, -0.05) is 12.1 Å². The minimum absolute atomic E-state index is 0.131. The van der Waals surface area contributed by atoms with Gasteiger partial charge in [0, 0.05) is 17.6 Å². The van der Waals surface area contributed by atoms with E-state index in [9.17, 15) is 12.8 Å². The summed E-state index contributed by atoms with van der Waals surface area (Å²) in [5, 5.41) is 3.41. The van der Waals surface area contributed by atoms with Crippen molar-refractivity contribution in [3.05, 3.63) is 77.2 Å². The third kappa shape index (κ3) is 6.59. The lowest BCUT2D eigenvalue weighted by Crippen LogP contribution is -2.36. The van der Waals surface area contributed by atoms with E-state index < -0.39 is 38.9 Å². The number of benzene rings is 2. The largest absolute Gasteiger partial charge is 0.351 e. The van der Waals surface area contributed by atoms with Gasteiger partial charge in [-0.3, -0.25) is 4.72 Å². The van der Waals surface area contributed by atoms with Gasteiger partial charge in [0.05, 0.1) is 28.8 Å². The molecule has 0 amide bonds. The van der Waals surface area contributed by atoms with Crippen molar-refractivity contribution in [2.45, 2.75) is 50.4 Å². The van der Waals surface area contributed by atoms with Crippen molar-refractivity contribution >= 4 is 32.7 Å². The predicted octanol–water partition coefficient (Wildman–Crippen LogP) is 5.64. The van der Waals surface area contributed by atoms with Gasteiger partial charge in [-0.25, -0.2) is 36.5 Å². The number of nitrogens with zero attached hydrogens (tertiary/aromatic N) is 4. The maximum Gasteiger partial charge on any atom is 0.237 e. The molecule has 1 aliphatic carbocycles. The molecule has 0 unspecified atom stereocenters. The number of sulfonamides is 1. The number of fused-ring (bicyclic) bond motifs is 1. The molecule has 0 aliphatic heterocycles. The van der Waals surface area contributed by atoms with Crippen LogP contribution in [0.4, 0.5) is 24.8 Å². The van der Waals surface area contributed by atoms with Crippen LogP contribution in [0.5, 0.6) is 0 Å². The summed E-state index contributed by atoms with van der Waals surface area (Å²) >= 11 is 0. The third-order valence-corrected chi connectivity index (χ3v) is 8.64. The Labute approximate surface area is 237 Å². The van der Waals surface area contributed by atoms with Crippen LogP contribution in [-0.2, 0) is 15.8 Å². The first-order chi connectivity index (χ1) is 19.5. The Kier molecular flexibility index (Phi) is 8.14. The summed E-state index contributed by atoms with van der Waals surface area (Å²) < 4.78 is 70.5. The number of hydrogen-bond donors (Lipinski definition) is 2. The summed E-state index contributed by atoms with van der Waals surface area (Å²) in [6.07, 6.45) is 5.78. The minimum atomic E-state index is -4.09. The molecule has 1 fully saturated rings. The van der Waals surface area contributed by atoms with Crippen LogP contribution in [0.25, 0.3) is 22.3 Å². The molecule has 4 aromatic rings. The van der Waals surface area contributed by atoms with E-state index in [4.69, 9.17) is 0 Å². The van der Waals surface area contributed by atoms with Crippen LogP contribution < -0.4 is 10.0 Å². The predicted molar refractivity (Wildman–Crippen MR) is 153 cm³/mol. The highest BCUT2D eigenvalue weighted by Crippen LogP contribution is 2.31. The molecule has 1 aliphatic rings. The highest BCUT2D eigenvalue weighted by molar-refractivity contribution is 7.91. The monoisotopic (exact) mass is 584 g/mol. The minimum Gasteiger partial charge on any atom is -0.351 e. The zero-order valence-corrected chi connectivity index (χ0v) is 23.8. The van der Waals surface area contributed by atoms with Crippen molar-refractivity contribution in [1.82, 2.24) is 19.9 Å². The molecule has 0 bridgehead atoms. The van der Waals surface area contributed by atoms with Crippen LogP contribution in [0, 0.1) is 24.4 Å². The van der Waals surface area contributed by atoms with Crippen molar-refractivity contribution in [2.24, 2.45) is 0 Å². The summed E-state index contributed by atoms with van der Waals surface area (Å²) in [7, 11) is 0.107. The van der Waals surface area contributed by atoms with Crippen LogP contribution >= 0.6 is 0 Å². The second-order valence-electron chi connectivity index (χ2n) is 10.6. The van der Waals surface area contributed by atoms with Gasteiger partial charge in [-0.2, -0.15) is 0 Å². The zero-order valence-electron chi connectivity index (χ0n) is 23.0. The molecule has 1 saturated carbocycles. The molecule has 0 spiro atoms. The average molecular weight is 585 g/mol. The van der Waals surface area contributed by atoms with E-state index in [-0.39, 0.29) is 17.3 Å². The molecule has 2 aromatic heterocycles. The number of aromatic nitrogens is 3. The van der Waals surface area contributed by atoms with Gasteiger partial charge in [0.15, 0.2) is 11.6 Å². The van der Waals surface area contributed by atoms with Crippen LogP contribution in [-0.4, -0.2) is 54.4 Å². The van der Waals surface area contributed by atoms with Crippen LogP contribution in [0.1, 0.15) is 36.8 Å². The molecular formula is C29H31F3N6O2S. The van der Waals surface area contributed by atoms with Gasteiger partial charge in [0.25, 0.3) is 0 Å². The van der Waals surface area contributed by atoms with Crippen molar-refractivity contribution in [3.8, 4) is 11.3 Å². The maximum atomic E-state index is 15.2. The Balaban J connectivity index is 1.34. The fraction of sp³-hybridized carbons (Fsp3) is 0.345. The fourth-order valence-corrected chi connectivity index (χ4v) is 6.34. The number of hydrogen-bond acceptors (Lipinski definition) is 7. The molecule has 8 nitrogen and oxygen atoms in total. The second kappa shape index (κ2) is 11.6. The first kappa shape index (κ1) is 28.7. The number of pyridine rings is 1. The van der Waals surface area contributed by atoms with Gasteiger partial charge in [0.2, 0.25) is 16.0 Å². The standard InChI is InChI=1S/C29H31F3N6O2S/c1-17-14-24(35-25-15-33-29(36-28(17)25)34-20-8-10-21(11-9-20)38(2)3)22-12-13-23(27(32)26(22)31)37-41(39,40)16-18-4-6-19(30)7-5-18/h4-7,12-15,20-21,37H,8-11,16H2,1-3H3,(H,33,34,36)/t20-,21-. The number of anilines is 2. The number of aryl methyl sites for hydroxylation is 1. The normalized spacial score (nSPS) is 17.6. The molecule has 41 heavy (non-hydrogen) atoms. The Hall–Kier alpha value is -3.77. The second-order valence-corrected chi connectivity index (χ2v) is 12.4. The van der Waals surface area contributed by atoms with Gasteiger partial charge >= 0.3 is 0 Å². The van der Waals surface area contributed by atoms with Crippen LogP contribution in [0.2, 0.25) is 0 Å². The molecule has 216 valence electrons. The van der Waals surface area contributed by atoms with E-state index >= 15 is 8.78 Å². The molecule has 0 saturated heterocycles. The van der Waals surface area contributed by atoms with Gasteiger partial charge in [-0.15, -0.1) is 0 Å². The summed E-state index contributed by atoms with van der Waals surface area (Å²) in [5.74, 6) is -3.15.